The molecule has 94 valence electrons. The summed E-state index contributed by atoms with van der Waals surface area (Å²) in [5, 5.41) is 0. The molecular formula is C14H22N2O. The van der Waals surface area contributed by atoms with Crippen LogP contribution in [0, 0.1) is 0 Å². The van der Waals surface area contributed by atoms with Gasteiger partial charge in [-0.1, -0.05) is 12.8 Å². The van der Waals surface area contributed by atoms with E-state index < -0.39 is 0 Å². The number of benzene rings is 1. The molecule has 1 aliphatic rings. The van der Waals surface area contributed by atoms with Crippen LogP contribution in [-0.4, -0.2) is 26.2 Å². The molecule has 2 N–H and O–H groups in total. The fourth-order valence-electron chi connectivity index (χ4n) is 2.26. The van der Waals surface area contributed by atoms with Gasteiger partial charge in [0.15, 0.2) is 0 Å². The van der Waals surface area contributed by atoms with Crippen molar-refractivity contribution in [2.75, 3.05) is 31.1 Å². The molecule has 1 aliphatic heterocycles. The van der Waals surface area contributed by atoms with Gasteiger partial charge in [-0.25, -0.2) is 0 Å². The van der Waals surface area contributed by atoms with E-state index in [2.05, 4.69) is 17.0 Å². The summed E-state index contributed by atoms with van der Waals surface area (Å²) in [6.45, 7) is 3.52. The molecule has 0 bridgehead atoms. The van der Waals surface area contributed by atoms with Crippen molar-refractivity contribution in [3.63, 3.8) is 0 Å². The number of anilines is 1. The van der Waals surface area contributed by atoms with Crippen molar-refractivity contribution in [3.05, 3.63) is 24.3 Å². The average Bonchev–Trinajstić information content (AvgIpc) is 2.66. The third kappa shape index (κ3) is 3.63. The minimum Gasteiger partial charge on any atom is -0.492 e. The van der Waals surface area contributed by atoms with Crippen molar-refractivity contribution >= 4 is 5.69 Å². The highest BCUT2D eigenvalue weighted by Gasteiger charge is 2.09. The fraction of sp³-hybridized carbons (Fsp3) is 0.571. The lowest BCUT2D eigenvalue weighted by molar-refractivity contribution is 0.328. The smallest absolute Gasteiger partial charge is 0.119 e. The number of rotatable bonds is 4. The van der Waals surface area contributed by atoms with Crippen LogP contribution in [0.4, 0.5) is 5.69 Å². The lowest BCUT2D eigenvalue weighted by Crippen LogP contribution is -2.23. The molecule has 3 nitrogen and oxygen atoms in total. The van der Waals surface area contributed by atoms with Crippen molar-refractivity contribution in [1.29, 1.82) is 0 Å². The molecule has 0 amide bonds. The first kappa shape index (κ1) is 12.2. The van der Waals surface area contributed by atoms with E-state index in [0.29, 0.717) is 13.2 Å². The molecule has 0 aromatic heterocycles. The molecule has 0 atom stereocenters. The van der Waals surface area contributed by atoms with E-state index in [1.54, 1.807) is 0 Å². The lowest BCUT2D eigenvalue weighted by atomic mass is 10.2. The first-order valence-corrected chi connectivity index (χ1v) is 6.58. The van der Waals surface area contributed by atoms with Gasteiger partial charge < -0.3 is 15.4 Å². The summed E-state index contributed by atoms with van der Waals surface area (Å²) in [5.41, 5.74) is 6.72. The predicted molar refractivity (Wildman–Crippen MR) is 71.7 cm³/mol. The van der Waals surface area contributed by atoms with Crippen LogP contribution in [0.15, 0.2) is 24.3 Å². The van der Waals surface area contributed by atoms with Crippen LogP contribution in [0.3, 0.4) is 0 Å². The molecule has 2 rings (SSSR count). The van der Waals surface area contributed by atoms with Crippen LogP contribution in [0.1, 0.15) is 25.7 Å². The Hall–Kier alpha value is -1.22. The topological polar surface area (TPSA) is 38.5 Å². The van der Waals surface area contributed by atoms with Gasteiger partial charge in [0.25, 0.3) is 0 Å². The highest BCUT2D eigenvalue weighted by atomic mass is 16.5. The second-order valence-electron chi connectivity index (χ2n) is 4.53. The number of hydrogen-bond acceptors (Lipinski definition) is 3. The molecule has 1 heterocycles. The maximum atomic E-state index is 5.48. The van der Waals surface area contributed by atoms with Gasteiger partial charge in [0.2, 0.25) is 0 Å². The van der Waals surface area contributed by atoms with Crippen LogP contribution in [0.2, 0.25) is 0 Å². The van der Waals surface area contributed by atoms with Gasteiger partial charge >= 0.3 is 0 Å². The molecule has 3 heteroatoms. The van der Waals surface area contributed by atoms with Gasteiger partial charge in [-0.2, -0.15) is 0 Å². The summed E-state index contributed by atoms with van der Waals surface area (Å²) < 4.78 is 5.48. The Bertz CT molecular complexity index is 315. The van der Waals surface area contributed by atoms with E-state index in [4.69, 9.17) is 10.5 Å². The third-order valence-corrected chi connectivity index (χ3v) is 3.19. The highest BCUT2D eigenvalue weighted by Crippen LogP contribution is 2.22. The van der Waals surface area contributed by atoms with Gasteiger partial charge in [0, 0.05) is 25.3 Å². The molecule has 1 saturated heterocycles. The Morgan fingerprint density at radius 1 is 1.00 bits per heavy atom. The summed E-state index contributed by atoms with van der Waals surface area (Å²) in [4.78, 5) is 2.47. The van der Waals surface area contributed by atoms with Gasteiger partial charge in [-0.15, -0.1) is 0 Å². The first-order chi connectivity index (χ1) is 8.40. The van der Waals surface area contributed by atoms with Crippen LogP contribution in [0.5, 0.6) is 5.75 Å². The Morgan fingerprint density at radius 2 is 1.65 bits per heavy atom. The predicted octanol–water partition coefficient (Wildman–Crippen LogP) is 2.40. The standard InChI is InChI=1S/C14H22N2O/c15-9-12-17-14-7-5-13(6-8-14)16-10-3-1-2-4-11-16/h5-8H,1-4,9-12,15H2. The molecule has 17 heavy (non-hydrogen) atoms. The number of ether oxygens (including phenoxy) is 1. The van der Waals surface area contributed by atoms with Crippen molar-refractivity contribution in [2.24, 2.45) is 5.73 Å². The van der Waals surface area contributed by atoms with E-state index in [0.717, 1.165) is 5.75 Å². The maximum absolute atomic E-state index is 5.48. The normalized spacial score (nSPS) is 16.6. The summed E-state index contributed by atoms with van der Waals surface area (Å²) in [5.74, 6) is 0.911. The highest BCUT2D eigenvalue weighted by molar-refractivity contribution is 5.49. The average molecular weight is 234 g/mol. The summed E-state index contributed by atoms with van der Waals surface area (Å²) >= 11 is 0. The number of nitrogens with zero attached hydrogens (tertiary/aromatic N) is 1. The number of hydrogen-bond donors (Lipinski definition) is 1. The number of nitrogens with two attached hydrogens (primary N) is 1. The fourth-order valence-corrected chi connectivity index (χ4v) is 2.26. The van der Waals surface area contributed by atoms with Crippen LogP contribution < -0.4 is 15.4 Å². The molecule has 0 aliphatic carbocycles. The molecular weight excluding hydrogens is 212 g/mol. The summed E-state index contributed by atoms with van der Waals surface area (Å²) in [6.07, 6.45) is 5.36. The van der Waals surface area contributed by atoms with E-state index in [9.17, 15) is 0 Å². The third-order valence-electron chi connectivity index (χ3n) is 3.19. The quantitative estimate of drug-likeness (QED) is 0.869. The Labute approximate surface area is 104 Å². The summed E-state index contributed by atoms with van der Waals surface area (Å²) in [6, 6.07) is 8.38. The molecule has 1 fully saturated rings. The molecule has 0 unspecified atom stereocenters. The summed E-state index contributed by atoms with van der Waals surface area (Å²) in [7, 11) is 0. The zero-order chi connectivity index (χ0) is 11.9. The van der Waals surface area contributed by atoms with Crippen LogP contribution in [-0.2, 0) is 0 Å². The molecule has 0 spiro atoms. The second-order valence-corrected chi connectivity index (χ2v) is 4.53. The SMILES string of the molecule is NCCOc1ccc(N2CCCCCC2)cc1. The lowest BCUT2D eigenvalue weighted by Gasteiger charge is -2.22. The monoisotopic (exact) mass is 234 g/mol. The Morgan fingerprint density at radius 3 is 2.24 bits per heavy atom. The molecule has 0 saturated carbocycles. The molecule has 1 aromatic rings. The van der Waals surface area contributed by atoms with E-state index >= 15 is 0 Å². The second kappa shape index (κ2) is 6.50. The molecule has 1 aromatic carbocycles. The zero-order valence-corrected chi connectivity index (χ0v) is 10.4. The van der Waals surface area contributed by atoms with Crippen LogP contribution >= 0.6 is 0 Å². The van der Waals surface area contributed by atoms with E-state index in [-0.39, 0.29) is 0 Å². The van der Waals surface area contributed by atoms with Crippen LogP contribution in [0.25, 0.3) is 0 Å². The Balaban J connectivity index is 1.96. The van der Waals surface area contributed by atoms with Crippen molar-refractivity contribution < 1.29 is 4.74 Å². The zero-order valence-electron chi connectivity index (χ0n) is 10.4. The van der Waals surface area contributed by atoms with E-state index in [1.165, 1.54) is 44.5 Å². The van der Waals surface area contributed by atoms with Gasteiger partial charge in [0.05, 0.1) is 0 Å². The Kier molecular flexibility index (Phi) is 4.68. The minimum atomic E-state index is 0.563. The maximum Gasteiger partial charge on any atom is 0.119 e. The van der Waals surface area contributed by atoms with Gasteiger partial charge in [-0.05, 0) is 37.1 Å². The first-order valence-electron chi connectivity index (χ1n) is 6.58. The largest absolute Gasteiger partial charge is 0.492 e. The van der Waals surface area contributed by atoms with Crippen molar-refractivity contribution in [2.45, 2.75) is 25.7 Å². The molecule has 0 radical (unpaired) electrons. The van der Waals surface area contributed by atoms with Crippen molar-refractivity contribution in [3.8, 4) is 5.75 Å². The van der Waals surface area contributed by atoms with E-state index in [1.807, 2.05) is 12.1 Å². The van der Waals surface area contributed by atoms with Crippen molar-refractivity contribution in [1.82, 2.24) is 0 Å². The van der Waals surface area contributed by atoms with Gasteiger partial charge in [-0.3, -0.25) is 0 Å². The van der Waals surface area contributed by atoms with Gasteiger partial charge in [0.1, 0.15) is 12.4 Å². The minimum absolute atomic E-state index is 0.563.